The first-order valence-electron chi connectivity index (χ1n) is 4.76. The summed E-state index contributed by atoms with van der Waals surface area (Å²) in [6, 6.07) is 12.9. The molecule has 2 rings (SSSR count). The molecule has 0 bridgehead atoms. The molecule has 1 heterocycles. The largest absolute Gasteiger partial charge is 0.399 e. The maximum absolute atomic E-state index is 8.62. The highest BCUT2D eigenvalue weighted by Gasteiger charge is 1.96. The zero-order valence-electron chi connectivity index (χ0n) is 8.51. The van der Waals surface area contributed by atoms with Gasteiger partial charge in [-0.3, -0.25) is 0 Å². The predicted octanol–water partition coefficient (Wildman–Crippen LogP) is 2.28. The number of benzene rings is 1. The minimum absolute atomic E-state index is 0.544. The third-order valence-corrected chi connectivity index (χ3v) is 2.08. The zero-order valence-corrected chi connectivity index (χ0v) is 8.51. The normalized spacial score (nSPS) is 9.44. The highest BCUT2D eigenvalue weighted by Crippen LogP contribution is 2.15. The number of hydrogen-bond donors (Lipinski definition) is 2. The lowest BCUT2D eigenvalue weighted by Gasteiger charge is -2.05. The third kappa shape index (κ3) is 2.28. The van der Waals surface area contributed by atoms with Gasteiger partial charge in [-0.2, -0.15) is 5.26 Å². The summed E-state index contributed by atoms with van der Waals surface area (Å²) in [7, 11) is 0. The van der Waals surface area contributed by atoms with Gasteiger partial charge in [0.2, 0.25) is 0 Å². The molecule has 0 fully saturated rings. The van der Waals surface area contributed by atoms with Gasteiger partial charge in [-0.1, -0.05) is 0 Å². The summed E-state index contributed by atoms with van der Waals surface area (Å²) in [6.45, 7) is 0. The van der Waals surface area contributed by atoms with E-state index in [9.17, 15) is 0 Å². The Morgan fingerprint density at radius 2 is 1.88 bits per heavy atom. The van der Waals surface area contributed by atoms with E-state index in [1.165, 1.54) is 6.20 Å². The molecule has 0 aliphatic carbocycles. The lowest BCUT2D eigenvalue weighted by atomic mass is 10.2. The van der Waals surface area contributed by atoms with Gasteiger partial charge in [0.15, 0.2) is 0 Å². The van der Waals surface area contributed by atoms with Crippen LogP contribution in [0.4, 0.5) is 17.2 Å². The van der Waals surface area contributed by atoms with E-state index < -0.39 is 0 Å². The van der Waals surface area contributed by atoms with Crippen LogP contribution in [-0.4, -0.2) is 4.98 Å². The summed E-state index contributed by atoms with van der Waals surface area (Å²) < 4.78 is 0. The molecule has 16 heavy (non-hydrogen) atoms. The minimum Gasteiger partial charge on any atom is -0.399 e. The number of rotatable bonds is 2. The second kappa shape index (κ2) is 4.32. The smallest absolute Gasteiger partial charge is 0.130 e. The van der Waals surface area contributed by atoms with E-state index in [1.807, 2.05) is 30.3 Å². The van der Waals surface area contributed by atoms with Crippen LogP contribution in [-0.2, 0) is 0 Å². The standard InChI is InChI=1S/C12H10N4/c13-7-9-1-6-12(15-8-9)16-11-4-2-10(14)3-5-11/h1-6,8H,14H2,(H,15,16). The van der Waals surface area contributed by atoms with E-state index >= 15 is 0 Å². The monoisotopic (exact) mass is 210 g/mol. The summed E-state index contributed by atoms with van der Waals surface area (Å²) in [4.78, 5) is 4.10. The maximum atomic E-state index is 8.62. The number of pyridine rings is 1. The second-order valence-electron chi connectivity index (χ2n) is 3.29. The number of nitriles is 1. The van der Waals surface area contributed by atoms with Crippen molar-refractivity contribution >= 4 is 17.2 Å². The number of nitrogen functional groups attached to an aromatic ring is 1. The van der Waals surface area contributed by atoms with Gasteiger partial charge in [-0.25, -0.2) is 4.98 Å². The molecule has 0 radical (unpaired) electrons. The van der Waals surface area contributed by atoms with Crippen molar-refractivity contribution in [1.29, 1.82) is 5.26 Å². The second-order valence-corrected chi connectivity index (χ2v) is 3.29. The fourth-order valence-electron chi connectivity index (χ4n) is 1.25. The van der Waals surface area contributed by atoms with Crippen molar-refractivity contribution in [1.82, 2.24) is 4.98 Å². The van der Waals surface area contributed by atoms with Gasteiger partial charge in [-0.15, -0.1) is 0 Å². The van der Waals surface area contributed by atoms with Gasteiger partial charge in [0.25, 0.3) is 0 Å². The molecule has 0 amide bonds. The molecule has 1 aromatic carbocycles. The minimum atomic E-state index is 0.544. The number of nitrogens with two attached hydrogens (primary N) is 1. The molecule has 4 nitrogen and oxygen atoms in total. The summed E-state index contributed by atoms with van der Waals surface area (Å²) in [5.41, 5.74) is 7.75. The molecule has 0 aliphatic rings. The van der Waals surface area contributed by atoms with Crippen LogP contribution in [0.25, 0.3) is 0 Å². The van der Waals surface area contributed by atoms with Crippen LogP contribution in [0.1, 0.15) is 5.56 Å². The van der Waals surface area contributed by atoms with Crippen LogP contribution in [0, 0.1) is 11.3 Å². The first kappa shape index (κ1) is 9.99. The SMILES string of the molecule is N#Cc1ccc(Nc2ccc(N)cc2)nc1. The Hall–Kier alpha value is -2.54. The van der Waals surface area contributed by atoms with Crippen LogP contribution < -0.4 is 11.1 Å². The molecule has 4 heteroatoms. The van der Waals surface area contributed by atoms with E-state index in [-0.39, 0.29) is 0 Å². The van der Waals surface area contributed by atoms with Crippen molar-refractivity contribution < 1.29 is 0 Å². The molecule has 0 spiro atoms. The van der Waals surface area contributed by atoms with Crippen molar-refractivity contribution in [2.45, 2.75) is 0 Å². The van der Waals surface area contributed by atoms with Crippen molar-refractivity contribution in [2.24, 2.45) is 0 Å². The molecule has 0 saturated carbocycles. The molecule has 0 saturated heterocycles. The van der Waals surface area contributed by atoms with E-state index in [2.05, 4.69) is 10.3 Å². The van der Waals surface area contributed by atoms with Crippen molar-refractivity contribution in [3.63, 3.8) is 0 Å². The average Bonchev–Trinajstić information content (AvgIpc) is 2.33. The zero-order chi connectivity index (χ0) is 11.4. The Morgan fingerprint density at radius 3 is 2.44 bits per heavy atom. The Balaban J connectivity index is 2.15. The number of hydrogen-bond acceptors (Lipinski definition) is 4. The molecule has 1 aromatic heterocycles. The van der Waals surface area contributed by atoms with Crippen LogP contribution in [0.5, 0.6) is 0 Å². The molecule has 3 N–H and O–H groups in total. The Kier molecular flexibility index (Phi) is 2.70. The van der Waals surface area contributed by atoms with Crippen molar-refractivity contribution in [2.75, 3.05) is 11.1 Å². The van der Waals surface area contributed by atoms with Gasteiger partial charge in [-0.05, 0) is 36.4 Å². The van der Waals surface area contributed by atoms with E-state index in [0.29, 0.717) is 11.4 Å². The predicted molar refractivity (Wildman–Crippen MR) is 63.1 cm³/mol. The quantitative estimate of drug-likeness (QED) is 0.745. The van der Waals surface area contributed by atoms with Gasteiger partial charge < -0.3 is 11.1 Å². The van der Waals surface area contributed by atoms with E-state index in [4.69, 9.17) is 11.0 Å². The molecule has 78 valence electrons. The first-order chi connectivity index (χ1) is 7.78. The fourth-order valence-corrected chi connectivity index (χ4v) is 1.25. The van der Waals surface area contributed by atoms with Gasteiger partial charge in [0.05, 0.1) is 5.56 Å². The van der Waals surface area contributed by atoms with E-state index in [1.54, 1.807) is 12.1 Å². The average molecular weight is 210 g/mol. The molecule has 0 atom stereocenters. The molecule has 0 unspecified atom stereocenters. The maximum Gasteiger partial charge on any atom is 0.130 e. The van der Waals surface area contributed by atoms with Crippen LogP contribution in [0.15, 0.2) is 42.6 Å². The van der Waals surface area contributed by atoms with Crippen molar-refractivity contribution in [3.8, 4) is 6.07 Å². The highest BCUT2D eigenvalue weighted by atomic mass is 15.0. The first-order valence-corrected chi connectivity index (χ1v) is 4.76. The highest BCUT2D eigenvalue weighted by molar-refractivity contribution is 5.59. The number of anilines is 3. The lowest BCUT2D eigenvalue weighted by molar-refractivity contribution is 1.29. The van der Waals surface area contributed by atoms with Gasteiger partial charge in [0, 0.05) is 17.6 Å². The topological polar surface area (TPSA) is 74.7 Å². The van der Waals surface area contributed by atoms with E-state index in [0.717, 1.165) is 11.4 Å². The number of aromatic nitrogens is 1. The Morgan fingerprint density at radius 1 is 1.12 bits per heavy atom. The summed E-state index contributed by atoms with van der Waals surface area (Å²) in [5, 5.41) is 11.7. The van der Waals surface area contributed by atoms with Crippen LogP contribution in [0.2, 0.25) is 0 Å². The Labute approximate surface area is 93.4 Å². The van der Waals surface area contributed by atoms with Crippen LogP contribution >= 0.6 is 0 Å². The summed E-state index contributed by atoms with van der Waals surface area (Å²) in [6.07, 6.45) is 1.53. The third-order valence-electron chi connectivity index (χ3n) is 2.08. The van der Waals surface area contributed by atoms with Gasteiger partial charge >= 0.3 is 0 Å². The van der Waals surface area contributed by atoms with Crippen LogP contribution in [0.3, 0.4) is 0 Å². The molecule has 2 aromatic rings. The number of nitrogens with one attached hydrogen (secondary N) is 1. The van der Waals surface area contributed by atoms with Crippen molar-refractivity contribution in [3.05, 3.63) is 48.2 Å². The molecule has 0 aliphatic heterocycles. The Bertz CT molecular complexity index is 508. The molecular weight excluding hydrogens is 200 g/mol. The van der Waals surface area contributed by atoms with Gasteiger partial charge in [0.1, 0.15) is 11.9 Å². The summed E-state index contributed by atoms with van der Waals surface area (Å²) >= 11 is 0. The fraction of sp³-hybridized carbons (Fsp3) is 0. The summed E-state index contributed by atoms with van der Waals surface area (Å²) in [5.74, 6) is 0.698. The molecular formula is C12H10N4. The lowest BCUT2D eigenvalue weighted by Crippen LogP contribution is -1.93. The number of nitrogens with zero attached hydrogens (tertiary/aromatic N) is 2.